The SMILES string of the molecule is CCCN(Cc1sccc1C)C1CCCNC1. The zero-order valence-corrected chi connectivity index (χ0v) is 11.9. The summed E-state index contributed by atoms with van der Waals surface area (Å²) in [6.07, 6.45) is 3.94. The lowest BCUT2D eigenvalue weighted by atomic mass is 10.1. The second-order valence-electron chi connectivity index (χ2n) is 5.00. The van der Waals surface area contributed by atoms with E-state index in [1.165, 1.54) is 44.5 Å². The number of nitrogens with one attached hydrogen (secondary N) is 1. The Morgan fingerprint density at radius 3 is 3.00 bits per heavy atom. The summed E-state index contributed by atoms with van der Waals surface area (Å²) in [5.41, 5.74) is 1.46. The second kappa shape index (κ2) is 6.53. The van der Waals surface area contributed by atoms with Gasteiger partial charge in [-0.1, -0.05) is 6.92 Å². The van der Waals surface area contributed by atoms with Gasteiger partial charge in [-0.05, 0) is 56.3 Å². The van der Waals surface area contributed by atoms with Crippen molar-refractivity contribution in [1.82, 2.24) is 10.2 Å². The monoisotopic (exact) mass is 252 g/mol. The summed E-state index contributed by atoms with van der Waals surface area (Å²) in [5.74, 6) is 0. The van der Waals surface area contributed by atoms with Crippen molar-refractivity contribution in [2.24, 2.45) is 0 Å². The molecule has 1 atom stereocenters. The maximum Gasteiger partial charge on any atom is 0.0334 e. The van der Waals surface area contributed by atoms with Gasteiger partial charge in [0.1, 0.15) is 0 Å². The van der Waals surface area contributed by atoms with Crippen LogP contribution in [0.15, 0.2) is 11.4 Å². The van der Waals surface area contributed by atoms with E-state index in [2.05, 4.69) is 35.5 Å². The van der Waals surface area contributed by atoms with E-state index in [0.717, 1.165) is 12.6 Å². The quantitative estimate of drug-likeness (QED) is 0.866. The average Bonchev–Trinajstić information content (AvgIpc) is 2.76. The van der Waals surface area contributed by atoms with Crippen LogP contribution in [-0.2, 0) is 6.54 Å². The molecule has 2 nitrogen and oxygen atoms in total. The first kappa shape index (κ1) is 13.1. The van der Waals surface area contributed by atoms with E-state index in [1.54, 1.807) is 4.88 Å². The lowest BCUT2D eigenvalue weighted by Crippen LogP contribution is -2.45. The third-order valence-electron chi connectivity index (χ3n) is 3.61. The zero-order chi connectivity index (χ0) is 12.1. The summed E-state index contributed by atoms with van der Waals surface area (Å²) in [4.78, 5) is 4.22. The molecule has 0 bridgehead atoms. The van der Waals surface area contributed by atoms with Gasteiger partial charge < -0.3 is 5.32 Å². The molecule has 1 N–H and O–H groups in total. The number of hydrogen-bond acceptors (Lipinski definition) is 3. The highest BCUT2D eigenvalue weighted by molar-refractivity contribution is 7.10. The van der Waals surface area contributed by atoms with E-state index in [-0.39, 0.29) is 0 Å². The van der Waals surface area contributed by atoms with Crippen molar-refractivity contribution in [2.45, 2.75) is 45.7 Å². The van der Waals surface area contributed by atoms with Gasteiger partial charge in [0.15, 0.2) is 0 Å². The Labute approximate surface area is 109 Å². The summed E-state index contributed by atoms with van der Waals surface area (Å²) < 4.78 is 0. The Kier molecular flexibility index (Phi) is 5.01. The van der Waals surface area contributed by atoms with Crippen LogP contribution in [0.2, 0.25) is 0 Å². The van der Waals surface area contributed by atoms with Gasteiger partial charge in [-0.15, -0.1) is 11.3 Å². The number of hydrogen-bond donors (Lipinski definition) is 1. The average molecular weight is 252 g/mol. The predicted octanol–water partition coefficient (Wildman–Crippen LogP) is 3.02. The molecule has 1 aromatic heterocycles. The van der Waals surface area contributed by atoms with Crippen molar-refractivity contribution < 1.29 is 0 Å². The predicted molar refractivity (Wildman–Crippen MR) is 75.6 cm³/mol. The van der Waals surface area contributed by atoms with E-state index in [1.807, 2.05) is 11.3 Å². The van der Waals surface area contributed by atoms with Crippen LogP contribution in [-0.4, -0.2) is 30.6 Å². The van der Waals surface area contributed by atoms with Crippen molar-refractivity contribution in [3.05, 3.63) is 21.9 Å². The molecular formula is C14H24N2S. The summed E-state index contributed by atoms with van der Waals surface area (Å²) >= 11 is 1.91. The van der Waals surface area contributed by atoms with E-state index >= 15 is 0 Å². The van der Waals surface area contributed by atoms with Gasteiger partial charge in [0.05, 0.1) is 0 Å². The largest absolute Gasteiger partial charge is 0.315 e. The van der Waals surface area contributed by atoms with Crippen LogP contribution in [0.5, 0.6) is 0 Å². The van der Waals surface area contributed by atoms with Crippen LogP contribution in [0, 0.1) is 6.92 Å². The minimum Gasteiger partial charge on any atom is -0.315 e. The summed E-state index contributed by atoms with van der Waals surface area (Å²) in [6, 6.07) is 2.98. The Morgan fingerprint density at radius 2 is 2.41 bits per heavy atom. The maximum absolute atomic E-state index is 3.53. The fourth-order valence-corrected chi connectivity index (χ4v) is 3.50. The van der Waals surface area contributed by atoms with Crippen LogP contribution >= 0.6 is 11.3 Å². The minimum atomic E-state index is 0.741. The Bertz CT molecular complexity index is 329. The minimum absolute atomic E-state index is 0.741. The molecule has 1 saturated heterocycles. The standard InChI is InChI=1S/C14H24N2S/c1-3-8-16(13-5-4-7-15-10-13)11-14-12(2)6-9-17-14/h6,9,13,15H,3-5,7-8,10-11H2,1-2H3. The van der Waals surface area contributed by atoms with E-state index in [0.29, 0.717) is 0 Å². The number of aryl methyl sites for hydroxylation is 1. The molecule has 0 spiro atoms. The Hall–Kier alpha value is -0.380. The fraction of sp³-hybridized carbons (Fsp3) is 0.714. The molecule has 1 aromatic rings. The molecule has 0 saturated carbocycles. The molecule has 3 heteroatoms. The maximum atomic E-state index is 3.53. The van der Waals surface area contributed by atoms with E-state index in [9.17, 15) is 0 Å². The topological polar surface area (TPSA) is 15.3 Å². The first-order chi connectivity index (χ1) is 8.31. The molecule has 1 fully saturated rings. The summed E-state index contributed by atoms with van der Waals surface area (Å²) in [6.45, 7) is 9.26. The second-order valence-corrected chi connectivity index (χ2v) is 6.00. The number of thiophene rings is 1. The molecule has 1 unspecified atom stereocenters. The molecule has 0 radical (unpaired) electrons. The number of piperidine rings is 1. The van der Waals surface area contributed by atoms with Crippen molar-refractivity contribution in [3.63, 3.8) is 0 Å². The van der Waals surface area contributed by atoms with Crippen LogP contribution in [0.3, 0.4) is 0 Å². The highest BCUT2D eigenvalue weighted by atomic mass is 32.1. The zero-order valence-electron chi connectivity index (χ0n) is 11.0. The van der Waals surface area contributed by atoms with Crippen LogP contribution in [0.4, 0.5) is 0 Å². The van der Waals surface area contributed by atoms with E-state index in [4.69, 9.17) is 0 Å². The number of rotatable bonds is 5. The molecular weight excluding hydrogens is 228 g/mol. The molecule has 17 heavy (non-hydrogen) atoms. The molecule has 2 heterocycles. The Morgan fingerprint density at radius 1 is 1.53 bits per heavy atom. The van der Waals surface area contributed by atoms with Gasteiger partial charge in [0.25, 0.3) is 0 Å². The first-order valence-electron chi connectivity index (χ1n) is 6.79. The molecule has 1 aliphatic rings. The van der Waals surface area contributed by atoms with Crippen molar-refractivity contribution in [2.75, 3.05) is 19.6 Å². The Balaban J connectivity index is 1.98. The van der Waals surface area contributed by atoms with Crippen LogP contribution in [0.1, 0.15) is 36.6 Å². The lowest BCUT2D eigenvalue weighted by molar-refractivity contribution is 0.159. The van der Waals surface area contributed by atoms with Gasteiger partial charge in [0.2, 0.25) is 0 Å². The third kappa shape index (κ3) is 3.54. The van der Waals surface area contributed by atoms with E-state index < -0.39 is 0 Å². The van der Waals surface area contributed by atoms with Gasteiger partial charge in [-0.2, -0.15) is 0 Å². The van der Waals surface area contributed by atoms with Crippen molar-refractivity contribution in [1.29, 1.82) is 0 Å². The van der Waals surface area contributed by atoms with Gasteiger partial charge in [-0.25, -0.2) is 0 Å². The normalized spacial score (nSPS) is 21.0. The van der Waals surface area contributed by atoms with Gasteiger partial charge in [0, 0.05) is 24.0 Å². The lowest BCUT2D eigenvalue weighted by Gasteiger charge is -2.34. The van der Waals surface area contributed by atoms with Crippen molar-refractivity contribution >= 4 is 11.3 Å². The third-order valence-corrected chi connectivity index (χ3v) is 4.62. The highest BCUT2D eigenvalue weighted by Crippen LogP contribution is 2.21. The van der Waals surface area contributed by atoms with Gasteiger partial charge >= 0.3 is 0 Å². The molecule has 0 aliphatic carbocycles. The number of nitrogens with zero attached hydrogens (tertiary/aromatic N) is 1. The molecule has 96 valence electrons. The smallest absolute Gasteiger partial charge is 0.0334 e. The highest BCUT2D eigenvalue weighted by Gasteiger charge is 2.21. The molecule has 0 amide bonds. The molecule has 0 aromatic carbocycles. The fourth-order valence-electron chi connectivity index (χ4n) is 2.57. The van der Waals surface area contributed by atoms with Crippen LogP contribution in [0.25, 0.3) is 0 Å². The summed E-state index contributed by atoms with van der Waals surface area (Å²) in [5, 5.41) is 5.75. The first-order valence-corrected chi connectivity index (χ1v) is 7.67. The molecule has 2 rings (SSSR count). The van der Waals surface area contributed by atoms with Crippen LogP contribution < -0.4 is 5.32 Å². The van der Waals surface area contributed by atoms with Crippen molar-refractivity contribution in [3.8, 4) is 0 Å². The summed E-state index contributed by atoms with van der Waals surface area (Å²) in [7, 11) is 0. The van der Waals surface area contributed by atoms with Gasteiger partial charge in [-0.3, -0.25) is 4.90 Å². The molecule has 1 aliphatic heterocycles.